The predicted molar refractivity (Wildman–Crippen MR) is 77.1 cm³/mol. The van der Waals surface area contributed by atoms with E-state index in [1.165, 1.54) is 12.1 Å². The molecule has 20 heavy (non-hydrogen) atoms. The molecule has 0 aliphatic carbocycles. The van der Waals surface area contributed by atoms with Crippen LogP contribution in [0.4, 0.5) is 4.39 Å². The highest BCUT2D eigenvalue weighted by Crippen LogP contribution is 2.37. The Morgan fingerprint density at radius 2 is 1.85 bits per heavy atom. The van der Waals surface area contributed by atoms with Gasteiger partial charge in [-0.15, -0.1) is 0 Å². The minimum Gasteiger partial charge on any atom is -0.495 e. The molecule has 3 nitrogen and oxygen atoms in total. The lowest BCUT2D eigenvalue weighted by Crippen LogP contribution is -2.34. The van der Waals surface area contributed by atoms with E-state index in [0.717, 1.165) is 5.56 Å². The maximum absolute atomic E-state index is 13.1. The molecule has 106 valence electrons. The molecule has 1 aromatic heterocycles. The Bertz CT molecular complexity index is 581. The van der Waals surface area contributed by atoms with Crippen LogP contribution in [-0.2, 0) is 5.41 Å². The van der Waals surface area contributed by atoms with Gasteiger partial charge in [0.1, 0.15) is 11.6 Å². The highest BCUT2D eigenvalue weighted by atomic mass is 19.1. The number of nitrogens with two attached hydrogens (primary N) is 1. The summed E-state index contributed by atoms with van der Waals surface area (Å²) < 4.78 is 18.4. The quantitative estimate of drug-likeness (QED) is 0.931. The number of ether oxygens (including phenoxy) is 1. The fraction of sp³-hybridized carbons (Fsp3) is 0.312. The predicted octanol–water partition coefficient (Wildman–Crippen LogP) is 3.21. The van der Waals surface area contributed by atoms with E-state index >= 15 is 0 Å². The third kappa shape index (κ3) is 2.65. The Labute approximate surface area is 118 Å². The minimum absolute atomic E-state index is 0.256. The van der Waals surface area contributed by atoms with Gasteiger partial charge in [0, 0.05) is 11.6 Å². The monoisotopic (exact) mass is 274 g/mol. The van der Waals surface area contributed by atoms with E-state index in [9.17, 15) is 4.39 Å². The Morgan fingerprint density at radius 1 is 1.20 bits per heavy atom. The first kappa shape index (κ1) is 14.5. The number of benzene rings is 1. The van der Waals surface area contributed by atoms with Crippen LogP contribution in [0.1, 0.15) is 31.1 Å². The van der Waals surface area contributed by atoms with E-state index in [0.29, 0.717) is 11.4 Å². The van der Waals surface area contributed by atoms with Crippen molar-refractivity contribution >= 4 is 0 Å². The molecule has 1 unspecified atom stereocenters. The lowest BCUT2D eigenvalue weighted by molar-refractivity contribution is 0.368. The van der Waals surface area contributed by atoms with E-state index in [1.807, 2.05) is 19.9 Å². The third-order valence-electron chi connectivity index (χ3n) is 3.68. The summed E-state index contributed by atoms with van der Waals surface area (Å²) in [7, 11) is 1.60. The van der Waals surface area contributed by atoms with Crippen LogP contribution in [0.25, 0.3) is 0 Å². The van der Waals surface area contributed by atoms with Crippen LogP contribution < -0.4 is 10.5 Å². The first-order valence-electron chi connectivity index (χ1n) is 6.47. The van der Waals surface area contributed by atoms with Crippen LogP contribution in [0.2, 0.25) is 0 Å². The summed E-state index contributed by atoms with van der Waals surface area (Å²) in [5.41, 5.74) is 7.65. The van der Waals surface area contributed by atoms with Crippen LogP contribution >= 0.6 is 0 Å². The normalized spacial score (nSPS) is 13.1. The Hall–Kier alpha value is -1.94. The molecule has 0 bridgehead atoms. The van der Waals surface area contributed by atoms with Gasteiger partial charge in [0.05, 0.1) is 18.8 Å². The molecule has 1 heterocycles. The van der Waals surface area contributed by atoms with Crippen molar-refractivity contribution < 1.29 is 9.13 Å². The average Bonchev–Trinajstić information content (AvgIpc) is 2.46. The summed E-state index contributed by atoms with van der Waals surface area (Å²) in [6.45, 7) is 4.03. The van der Waals surface area contributed by atoms with E-state index in [-0.39, 0.29) is 11.9 Å². The summed E-state index contributed by atoms with van der Waals surface area (Å²) in [5.74, 6) is 0.406. The molecule has 1 atom stereocenters. The molecular formula is C16H19FN2O. The lowest BCUT2D eigenvalue weighted by atomic mass is 9.76. The molecule has 4 heteroatoms. The zero-order chi connectivity index (χ0) is 14.8. The fourth-order valence-electron chi connectivity index (χ4n) is 2.21. The van der Waals surface area contributed by atoms with E-state index in [4.69, 9.17) is 10.5 Å². The summed E-state index contributed by atoms with van der Waals surface area (Å²) in [6.07, 6.45) is 1.69. The van der Waals surface area contributed by atoms with Crippen molar-refractivity contribution in [3.8, 4) is 5.75 Å². The number of halogens is 1. The van der Waals surface area contributed by atoms with Gasteiger partial charge in [0.25, 0.3) is 0 Å². The molecule has 0 aliphatic rings. The average molecular weight is 274 g/mol. The molecule has 0 saturated heterocycles. The van der Waals surface area contributed by atoms with Crippen LogP contribution in [0.15, 0.2) is 42.6 Å². The number of nitrogens with zero attached hydrogens (tertiary/aromatic N) is 1. The molecule has 0 aliphatic heterocycles. The van der Waals surface area contributed by atoms with Crippen LogP contribution in [-0.4, -0.2) is 12.1 Å². The smallest absolute Gasteiger partial charge is 0.142 e. The zero-order valence-corrected chi connectivity index (χ0v) is 11.9. The number of hydrogen-bond donors (Lipinski definition) is 1. The molecule has 2 N–H and O–H groups in total. The van der Waals surface area contributed by atoms with E-state index < -0.39 is 5.41 Å². The van der Waals surface area contributed by atoms with Gasteiger partial charge in [-0.3, -0.25) is 4.98 Å². The van der Waals surface area contributed by atoms with Gasteiger partial charge in [-0.05, 0) is 29.8 Å². The number of hydrogen-bond acceptors (Lipinski definition) is 3. The van der Waals surface area contributed by atoms with E-state index in [2.05, 4.69) is 4.98 Å². The summed E-state index contributed by atoms with van der Waals surface area (Å²) in [4.78, 5) is 4.33. The number of aromatic nitrogens is 1. The lowest BCUT2D eigenvalue weighted by Gasteiger charge is -2.32. The van der Waals surface area contributed by atoms with Gasteiger partial charge in [-0.25, -0.2) is 4.39 Å². The van der Waals surface area contributed by atoms with Gasteiger partial charge in [-0.1, -0.05) is 26.0 Å². The van der Waals surface area contributed by atoms with Crippen LogP contribution in [0.3, 0.4) is 0 Å². The maximum atomic E-state index is 13.1. The molecule has 0 spiro atoms. The van der Waals surface area contributed by atoms with Gasteiger partial charge in [0.15, 0.2) is 0 Å². The van der Waals surface area contributed by atoms with Crippen LogP contribution in [0, 0.1) is 5.82 Å². The molecule has 1 aromatic carbocycles. The molecule has 2 rings (SSSR count). The molecule has 0 radical (unpaired) electrons. The Kier molecular flexibility index (Phi) is 4.04. The van der Waals surface area contributed by atoms with Crippen molar-refractivity contribution in [2.24, 2.45) is 5.73 Å². The number of methoxy groups -OCH3 is 1. The molecular weight excluding hydrogens is 255 g/mol. The van der Waals surface area contributed by atoms with Gasteiger partial charge < -0.3 is 10.5 Å². The van der Waals surface area contributed by atoms with Crippen LogP contribution in [0.5, 0.6) is 5.75 Å². The van der Waals surface area contributed by atoms with Crippen molar-refractivity contribution in [3.05, 3.63) is 59.7 Å². The molecule has 0 fully saturated rings. The minimum atomic E-state index is -0.394. The SMILES string of the molecule is COc1cccnc1C(N)C(C)(C)c1ccc(F)cc1. The fourth-order valence-corrected chi connectivity index (χ4v) is 2.21. The van der Waals surface area contributed by atoms with Gasteiger partial charge in [0.2, 0.25) is 0 Å². The molecule has 2 aromatic rings. The molecule has 0 amide bonds. The van der Waals surface area contributed by atoms with Crippen molar-refractivity contribution in [1.29, 1.82) is 0 Å². The second-order valence-electron chi connectivity index (χ2n) is 5.30. The maximum Gasteiger partial charge on any atom is 0.142 e. The first-order chi connectivity index (χ1) is 9.46. The largest absolute Gasteiger partial charge is 0.495 e. The van der Waals surface area contributed by atoms with Crippen molar-refractivity contribution in [2.45, 2.75) is 25.3 Å². The van der Waals surface area contributed by atoms with Crippen molar-refractivity contribution in [3.63, 3.8) is 0 Å². The highest BCUT2D eigenvalue weighted by Gasteiger charge is 2.32. The summed E-state index contributed by atoms with van der Waals surface area (Å²) in [6, 6.07) is 9.68. The molecule has 0 saturated carbocycles. The Morgan fingerprint density at radius 3 is 2.45 bits per heavy atom. The van der Waals surface area contributed by atoms with Crippen molar-refractivity contribution in [1.82, 2.24) is 4.98 Å². The highest BCUT2D eigenvalue weighted by molar-refractivity contribution is 5.35. The Balaban J connectivity index is 2.40. The zero-order valence-electron chi connectivity index (χ0n) is 11.9. The van der Waals surface area contributed by atoms with E-state index in [1.54, 1.807) is 31.5 Å². The second kappa shape index (κ2) is 5.59. The van der Waals surface area contributed by atoms with Gasteiger partial charge >= 0.3 is 0 Å². The van der Waals surface area contributed by atoms with Crippen molar-refractivity contribution in [2.75, 3.05) is 7.11 Å². The summed E-state index contributed by atoms with van der Waals surface area (Å²) in [5, 5.41) is 0. The van der Waals surface area contributed by atoms with Gasteiger partial charge in [-0.2, -0.15) is 0 Å². The second-order valence-corrected chi connectivity index (χ2v) is 5.30. The third-order valence-corrected chi connectivity index (χ3v) is 3.68. The topological polar surface area (TPSA) is 48.1 Å². The summed E-state index contributed by atoms with van der Waals surface area (Å²) >= 11 is 0. The number of rotatable bonds is 4. The number of pyridine rings is 1. The first-order valence-corrected chi connectivity index (χ1v) is 6.47. The standard InChI is InChI=1S/C16H19FN2O/c1-16(2,11-6-8-12(17)9-7-11)15(18)14-13(20-3)5-4-10-19-14/h4-10,15H,18H2,1-3H3.